The number of likely N-dealkylation sites (N-methyl/N-ethyl adjacent to an activating group) is 1. The molecule has 0 fully saturated rings. The van der Waals surface area contributed by atoms with Crippen LogP contribution in [0.25, 0.3) is 0 Å². The van der Waals surface area contributed by atoms with Crippen molar-refractivity contribution in [2.75, 3.05) is 6.54 Å². The van der Waals surface area contributed by atoms with E-state index in [0.717, 1.165) is 24.2 Å². The molecule has 2 rings (SSSR count). The summed E-state index contributed by atoms with van der Waals surface area (Å²) in [6, 6.07) is 10.1. The van der Waals surface area contributed by atoms with Gasteiger partial charge < -0.3 is 5.32 Å². The number of nitrogens with zero attached hydrogens (tertiary/aromatic N) is 1. The largest absolute Gasteiger partial charge is 0.309 e. The smallest absolute Gasteiger partial charge is 0.0595 e. The van der Waals surface area contributed by atoms with Gasteiger partial charge in [0, 0.05) is 6.20 Å². The minimum atomic E-state index is 0.178. The van der Waals surface area contributed by atoms with Crippen molar-refractivity contribution in [1.29, 1.82) is 0 Å². The minimum Gasteiger partial charge on any atom is -0.309 e. The van der Waals surface area contributed by atoms with Crippen molar-refractivity contribution in [2.45, 2.75) is 26.3 Å². The number of aromatic nitrogens is 1. The Morgan fingerprint density at radius 3 is 2.60 bits per heavy atom. The van der Waals surface area contributed by atoms with Gasteiger partial charge in [-0.25, -0.2) is 0 Å². The monoisotopic (exact) mass is 308 g/mol. The molecular weight excluding hydrogens is 291 g/mol. The highest BCUT2D eigenvalue weighted by atomic mass is 35.5. The first kappa shape index (κ1) is 15.3. The van der Waals surface area contributed by atoms with Crippen molar-refractivity contribution in [2.24, 2.45) is 0 Å². The second-order valence-electron chi connectivity index (χ2n) is 4.82. The van der Waals surface area contributed by atoms with Crippen LogP contribution in [0.5, 0.6) is 0 Å². The van der Waals surface area contributed by atoms with Crippen LogP contribution >= 0.6 is 23.2 Å². The Morgan fingerprint density at radius 2 is 1.95 bits per heavy atom. The zero-order valence-corrected chi connectivity index (χ0v) is 13.2. The van der Waals surface area contributed by atoms with Gasteiger partial charge >= 0.3 is 0 Å². The van der Waals surface area contributed by atoms with E-state index in [-0.39, 0.29) is 6.04 Å². The Balaban J connectivity index is 2.22. The summed E-state index contributed by atoms with van der Waals surface area (Å²) in [5.41, 5.74) is 3.42. The van der Waals surface area contributed by atoms with Crippen LogP contribution in [0.3, 0.4) is 0 Å². The predicted molar refractivity (Wildman–Crippen MR) is 85.6 cm³/mol. The summed E-state index contributed by atoms with van der Waals surface area (Å²) in [6.07, 6.45) is 2.69. The fraction of sp³-hybridized carbons (Fsp3) is 0.312. The van der Waals surface area contributed by atoms with E-state index in [1.165, 1.54) is 5.56 Å². The lowest BCUT2D eigenvalue weighted by Crippen LogP contribution is -2.24. The number of rotatable bonds is 5. The highest BCUT2D eigenvalue weighted by Gasteiger charge is 2.13. The molecule has 1 aromatic heterocycles. The molecule has 1 aromatic carbocycles. The molecule has 0 saturated carbocycles. The van der Waals surface area contributed by atoms with Crippen LogP contribution in [0.1, 0.15) is 29.8 Å². The van der Waals surface area contributed by atoms with Crippen LogP contribution in [-0.2, 0) is 6.42 Å². The Labute approximate surface area is 130 Å². The standard InChI is InChI=1S/C16H18Cl2N2/c1-3-19-16(15-8-11(2)6-7-20-15)10-12-4-5-13(17)14(18)9-12/h4-9,16,19H,3,10H2,1-2H3. The molecule has 0 aliphatic rings. The van der Waals surface area contributed by atoms with Gasteiger partial charge in [0.1, 0.15) is 0 Å². The van der Waals surface area contributed by atoms with Gasteiger partial charge in [-0.1, -0.05) is 36.2 Å². The second-order valence-corrected chi connectivity index (χ2v) is 5.64. The van der Waals surface area contributed by atoms with E-state index in [9.17, 15) is 0 Å². The van der Waals surface area contributed by atoms with Crippen LogP contribution in [0.4, 0.5) is 0 Å². The second kappa shape index (κ2) is 7.07. The van der Waals surface area contributed by atoms with Gasteiger partial charge in [-0.2, -0.15) is 0 Å². The summed E-state index contributed by atoms with van der Waals surface area (Å²) in [7, 11) is 0. The van der Waals surface area contributed by atoms with Crippen LogP contribution in [0.2, 0.25) is 10.0 Å². The molecule has 0 spiro atoms. The van der Waals surface area contributed by atoms with Crippen LogP contribution in [-0.4, -0.2) is 11.5 Å². The molecule has 1 N–H and O–H groups in total. The summed E-state index contributed by atoms with van der Waals surface area (Å²) in [6.45, 7) is 5.06. The van der Waals surface area contributed by atoms with Crippen LogP contribution < -0.4 is 5.32 Å². The van der Waals surface area contributed by atoms with Crippen molar-refractivity contribution >= 4 is 23.2 Å². The molecule has 4 heteroatoms. The molecule has 1 unspecified atom stereocenters. The average molecular weight is 309 g/mol. The number of hydrogen-bond acceptors (Lipinski definition) is 2. The molecule has 106 valence electrons. The quantitative estimate of drug-likeness (QED) is 0.874. The lowest BCUT2D eigenvalue weighted by Gasteiger charge is -2.18. The number of pyridine rings is 1. The topological polar surface area (TPSA) is 24.9 Å². The Kier molecular flexibility index (Phi) is 5.41. The van der Waals surface area contributed by atoms with Gasteiger partial charge in [0.05, 0.1) is 21.8 Å². The van der Waals surface area contributed by atoms with E-state index in [0.29, 0.717) is 10.0 Å². The van der Waals surface area contributed by atoms with E-state index in [1.807, 2.05) is 30.5 Å². The zero-order chi connectivity index (χ0) is 14.5. The molecule has 0 aliphatic carbocycles. The summed E-state index contributed by atoms with van der Waals surface area (Å²) >= 11 is 12.0. The Morgan fingerprint density at radius 1 is 1.15 bits per heavy atom. The molecule has 0 radical (unpaired) electrons. The number of nitrogens with one attached hydrogen (secondary N) is 1. The van der Waals surface area contributed by atoms with Gasteiger partial charge in [0.25, 0.3) is 0 Å². The average Bonchev–Trinajstić information content (AvgIpc) is 2.42. The fourth-order valence-electron chi connectivity index (χ4n) is 2.18. The number of aryl methyl sites for hydroxylation is 1. The predicted octanol–water partition coefficient (Wildman–Crippen LogP) is 4.59. The molecule has 1 atom stereocenters. The summed E-state index contributed by atoms with van der Waals surface area (Å²) < 4.78 is 0. The van der Waals surface area contributed by atoms with Gasteiger partial charge in [-0.15, -0.1) is 0 Å². The van der Waals surface area contributed by atoms with Crippen LogP contribution in [0.15, 0.2) is 36.5 Å². The van der Waals surface area contributed by atoms with Crippen molar-refractivity contribution in [1.82, 2.24) is 10.3 Å². The first-order valence-corrected chi connectivity index (χ1v) is 7.45. The Hall–Kier alpha value is -1.09. The van der Waals surface area contributed by atoms with Gasteiger partial charge in [-0.3, -0.25) is 4.98 Å². The van der Waals surface area contributed by atoms with E-state index in [2.05, 4.69) is 30.2 Å². The van der Waals surface area contributed by atoms with Gasteiger partial charge in [-0.05, 0) is 55.3 Å². The first-order chi connectivity index (χ1) is 9.60. The molecule has 0 aliphatic heterocycles. The minimum absolute atomic E-state index is 0.178. The highest BCUT2D eigenvalue weighted by Crippen LogP contribution is 2.25. The molecule has 0 saturated heterocycles. The Bertz CT molecular complexity index is 584. The molecule has 0 amide bonds. The van der Waals surface area contributed by atoms with Gasteiger partial charge in [0.15, 0.2) is 0 Å². The lowest BCUT2D eigenvalue weighted by atomic mass is 10.0. The fourth-order valence-corrected chi connectivity index (χ4v) is 2.50. The third kappa shape index (κ3) is 3.95. The van der Waals surface area contributed by atoms with E-state index in [4.69, 9.17) is 23.2 Å². The van der Waals surface area contributed by atoms with Crippen LogP contribution in [0, 0.1) is 6.92 Å². The molecule has 1 heterocycles. The molecule has 0 bridgehead atoms. The maximum Gasteiger partial charge on any atom is 0.0595 e. The van der Waals surface area contributed by atoms with Crippen molar-refractivity contribution in [3.8, 4) is 0 Å². The highest BCUT2D eigenvalue weighted by molar-refractivity contribution is 6.42. The molecule has 2 aromatic rings. The number of halogens is 2. The first-order valence-electron chi connectivity index (χ1n) is 6.70. The summed E-state index contributed by atoms with van der Waals surface area (Å²) in [5.74, 6) is 0. The summed E-state index contributed by atoms with van der Waals surface area (Å²) in [4.78, 5) is 4.47. The SMILES string of the molecule is CCNC(Cc1ccc(Cl)c(Cl)c1)c1cc(C)ccn1. The van der Waals surface area contributed by atoms with Crippen molar-refractivity contribution in [3.63, 3.8) is 0 Å². The van der Waals surface area contributed by atoms with E-state index < -0.39 is 0 Å². The lowest BCUT2D eigenvalue weighted by molar-refractivity contribution is 0.536. The normalized spacial score (nSPS) is 12.4. The van der Waals surface area contributed by atoms with E-state index in [1.54, 1.807) is 0 Å². The zero-order valence-electron chi connectivity index (χ0n) is 11.7. The number of hydrogen-bond donors (Lipinski definition) is 1. The third-order valence-electron chi connectivity index (χ3n) is 3.17. The summed E-state index contributed by atoms with van der Waals surface area (Å²) in [5, 5.41) is 4.65. The maximum atomic E-state index is 6.08. The maximum absolute atomic E-state index is 6.08. The van der Waals surface area contributed by atoms with Crippen molar-refractivity contribution < 1.29 is 0 Å². The number of benzene rings is 1. The third-order valence-corrected chi connectivity index (χ3v) is 3.91. The molecular formula is C16H18Cl2N2. The molecule has 2 nitrogen and oxygen atoms in total. The van der Waals surface area contributed by atoms with E-state index >= 15 is 0 Å². The molecule has 20 heavy (non-hydrogen) atoms. The van der Waals surface area contributed by atoms with Crippen molar-refractivity contribution in [3.05, 3.63) is 63.4 Å². The van der Waals surface area contributed by atoms with Gasteiger partial charge in [0.2, 0.25) is 0 Å².